The normalized spacial score (nSPS) is 22.8. The van der Waals surface area contributed by atoms with Gasteiger partial charge in [0.2, 0.25) is 5.91 Å². The van der Waals surface area contributed by atoms with Crippen LogP contribution in [-0.2, 0) is 11.3 Å². The van der Waals surface area contributed by atoms with Crippen LogP contribution in [0.25, 0.3) is 0 Å². The van der Waals surface area contributed by atoms with Gasteiger partial charge in [0.1, 0.15) is 0 Å². The van der Waals surface area contributed by atoms with E-state index in [-0.39, 0.29) is 12.5 Å². The van der Waals surface area contributed by atoms with Gasteiger partial charge in [-0.1, -0.05) is 0 Å². The predicted octanol–water partition coefficient (Wildman–Crippen LogP) is 2.33. The number of rotatable bonds is 6. The Morgan fingerprint density at radius 3 is 2.71 bits per heavy atom. The third-order valence-electron chi connectivity index (χ3n) is 4.24. The van der Waals surface area contributed by atoms with E-state index >= 15 is 0 Å². The first kappa shape index (κ1) is 16.5. The Labute approximate surface area is 131 Å². The number of likely N-dealkylation sites (tertiary alicyclic amines) is 1. The first-order valence-electron chi connectivity index (χ1n) is 7.77. The predicted molar refractivity (Wildman–Crippen MR) is 86.3 cm³/mol. The van der Waals surface area contributed by atoms with Gasteiger partial charge in [0.15, 0.2) is 0 Å². The molecule has 0 radical (unpaired) electrons. The van der Waals surface area contributed by atoms with Crippen LogP contribution in [-0.4, -0.2) is 52.6 Å². The molecule has 4 nitrogen and oxygen atoms in total. The first-order chi connectivity index (χ1) is 10.1. The van der Waals surface area contributed by atoms with Gasteiger partial charge in [-0.3, -0.25) is 9.69 Å². The number of hydrogen-bond donors (Lipinski definition) is 1. The number of thiophene rings is 1. The number of nitrogens with zero attached hydrogens (tertiary/aromatic N) is 2. The maximum atomic E-state index is 12.6. The molecular weight excluding hydrogens is 284 g/mol. The van der Waals surface area contributed by atoms with Gasteiger partial charge in [-0.25, -0.2) is 0 Å². The number of aliphatic hydroxyl groups is 1. The van der Waals surface area contributed by atoms with Crippen molar-refractivity contribution in [1.82, 2.24) is 9.80 Å². The van der Waals surface area contributed by atoms with Crippen LogP contribution in [0.5, 0.6) is 0 Å². The minimum atomic E-state index is 0.0858. The smallest absolute Gasteiger partial charge is 0.237 e. The molecule has 1 aliphatic rings. The summed E-state index contributed by atoms with van der Waals surface area (Å²) < 4.78 is 0. The highest BCUT2D eigenvalue weighted by molar-refractivity contribution is 7.07. The molecule has 1 amide bonds. The van der Waals surface area contributed by atoms with Crippen LogP contribution in [0.4, 0.5) is 0 Å². The fraction of sp³-hybridized carbons (Fsp3) is 0.688. The van der Waals surface area contributed by atoms with E-state index in [4.69, 9.17) is 0 Å². The van der Waals surface area contributed by atoms with Crippen molar-refractivity contribution < 1.29 is 9.90 Å². The van der Waals surface area contributed by atoms with Crippen molar-refractivity contribution in [3.8, 4) is 0 Å². The highest BCUT2D eigenvalue weighted by atomic mass is 32.1. The summed E-state index contributed by atoms with van der Waals surface area (Å²) in [6.45, 7) is 6.03. The third-order valence-corrected chi connectivity index (χ3v) is 4.97. The zero-order valence-electron chi connectivity index (χ0n) is 13.0. The zero-order chi connectivity index (χ0) is 15.2. The van der Waals surface area contributed by atoms with Gasteiger partial charge < -0.3 is 10.0 Å². The second-order valence-corrected chi connectivity index (χ2v) is 6.78. The molecule has 2 atom stereocenters. The lowest BCUT2D eigenvalue weighted by molar-refractivity contribution is -0.138. The number of aliphatic hydroxyl groups excluding tert-OH is 1. The van der Waals surface area contributed by atoms with Gasteiger partial charge >= 0.3 is 0 Å². The molecule has 1 aromatic heterocycles. The lowest BCUT2D eigenvalue weighted by Crippen LogP contribution is -2.51. The van der Waals surface area contributed by atoms with E-state index in [9.17, 15) is 9.90 Å². The van der Waals surface area contributed by atoms with E-state index in [1.807, 2.05) is 15.2 Å². The molecule has 5 heteroatoms. The fourth-order valence-corrected chi connectivity index (χ4v) is 3.84. The maximum Gasteiger partial charge on any atom is 0.237 e. The fourth-order valence-electron chi connectivity index (χ4n) is 3.18. The summed E-state index contributed by atoms with van der Waals surface area (Å²) >= 11 is 1.66. The highest BCUT2D eigenvalue weighted by Gasteiger charge is 2.29. The van der Waals surface area contributed by atoms with E-state index in [0.717, 1.165) is 19.4 Å². The third kappa shape index (κ3) is 4.53. The van der Waals surface area contributed by atoms with Crippen molar-refractivity contribution in [3.05, 3.63) is 22.4 Å². The van der Waals surface area contributed by atoms with Crippen LogP contribution >= 0.6 is 11.3 Å². The Kier molecular flexibility index (Phi) is 6.21. The lowest BCUT2D eigenvalue weighted by atomic mass is 9.97. The Hall–Kier alpha value is -0.910. The van der Waals surface area contributed by atoms with Gasteiger partial charge in [0.25, 0.3) is 0 Å². The van der Waals surface area contributed by atoms with Crippen molar-refractivity contribution in [3.63, 3.8) is 0 Å². The summed E-state index contributed by atoms with van der Waals surface area (Å²) in [5, 5.41) is 13.4. The highest BCUT2D eigenvalue weighted by Crippen LogP contribution is 2.23. The van der Waals surface area contributed by atoms with Gasteiger partial charge in [0, 0.05) is 25.2 Å². The second kappa shape index (κ2) is 7.92. The lowest BCUT2D eigenvalue weighted by Gasteiger charge is -2.40. The average molecular weight is 310 g/mol. The van der Waals surface area contributed by atoms with Gasteiger partial charge in [-0.2, -0.15) is 11.3 Å². The van der Waals surface area contributed by atoms with Crippen molar-refractivity contribution in [2.24, 2.45) is 0 Å². The molecule has 1 aromatic rings. The van der Waals surface area contributed by atoms with E-state index in [0.29, 0.717) is 25.2 Å². The van der Waals surface area contributed by atoms with Gasteiger partial charge in [-0.15, -0.1) is 0 Å². The molecule has 2 rings (SSSR count). The minimum Gasteiger partial charge on any atom is -0.395 e. The van der Waals surface area contributed by atoms with Crippen LogP contribution in [0.2, 0.25) is 0 Å². The van der Waals surface area contributed by atoms with Gasteiger partial charge in [0.05, 0.1) is 13.2 Å². The van der Waals surface area contributed by atoms with E-state index in [1.54, 1.807) is 11.3 Å². The second-order valence-electron chi connectivity index (χ2n) is 6.00. The SMILES string of the molecule is C[C@@H]1CCC[C@@H](C)N1C(=O)CN(CCO)Cc1ccsc1. The van der Waals surface area contributed by atoms with E-state index in [1.165, 1.54) is 12.0 Å². The maximum absolute atomic E-state index is 12.6. The van der Waals surface area contributed by atoms with E-state index in [2.05, 4.69) is 25.3 Å². The van der Waals surface area contributed by atoms with Crippen LogP contribution in [0.1, 0.15) is 38.7 Å². The van der Waals surface area contributed by atoms with Crippen molar-refractivity contribution in [1.29, 1.82) is 0 Å². The zero-order valence-corrected chi connectivity index (χ0v) is 13.8. The molecule has 1 aliphatic heterocycles. The van der Waals surface area contributed by atoms with Crippen molar-refractivity contribution in [2.45, 2.75) is 51.7 Å². The quantitative estimate of drug-likeness (QED) is 0.877. The molecule has 1 saturated heterocycles. The summed E-state index contributed by atoms with van der Waals surface area (Å²) in [5.41, 5.74) is 1.21. The Balaban J connectivity index is 1.96. The summed E-state index contributed by atoms with van der Waals surface area (Å²) in [6.07, 6.45) is 3.41. The molecule has 2 heterocycles. The Morgan fingerprint density at radius 1 is 1.43 bits per heavy atom. The topological polar surface area (TPSA) is 43.8 Å². The molecule has 21 heavy (non-hydrogen) atoms. The van der Waals surface area contributed by atoms with Crippen LogP contribution in [0.15, 0.2) is 16.8 Å². The molecule has 0 saturated carbocycles. The molecule has 118 valence electrons. The number of carbonyl (C=O) groups excluding carboxylic acids is 1. The first-order valence-corrected chi connectivity index (χ1v) is 8.71. The van der Waals surface area contributed by atoms with Gasteiger partial charge in [-0.05, 0) is 55.5 Å². The minimum absolute atomic E-state index is 0.0858. The molecule has 0 unspecified atom stereocenters. The van der Waals surface area contributed by atoms with Crippen LogP contribution < -0.4 is 0 Å². The summed E-state index contributed by atoms with van der Waals surface area (Å²) in [4.78, 5) is 16.7. The van der Waals surface area contributed by atoms with E-state index < -0.39 is 0 Å². The molecule has 1 N–H and O–H groups in total. The van der Waals surface area contributed by atoms with Crippen molar-refractivity contribution in [2.75, 3.05) is 19.7 Å². The molecule has 1 fully saturated rings. The monoisotopic (exact) mass is 310 g/mol. The summed E-state index contributed by atoms with van der Waals surface area (Å²) in [6, 6.07) is 2.74. The number of amides is 1. The molecule has 0 aromatic carbocycles. The van der Waals surface area contributed by atoms with Crippen LogP contribution in [0.3, 0.4) is 0 Å². The molecule has 0 spiro atoms. The molecule has 0 bridgehead atoms. The number of piperidine rings is 1. The summed E-state index contributed by atoms with van der Waals surface area (Å²) in [5.74, 6) is 0.193. The Morgan fingerprint density at radius 2 is 2.14 bits per heavy atom. The largest absolute Gasteiger partial charge is 0.395 e. The van der Waals surface area contributed by atoms with Crippen molar-refractivity contribution >= 4 is 17.2 Å². The molecular formula is C16H26N2O2S. The summed E-state index contributed by atoms with van der Waals surface area (Å²) in [7, 11) is 0. The number of carbonyl (C=O) groups is 1. The Bertz CT molecular complexity index is 425. The number of hydrogen-bond acceptors (Lipinski definition) is 4. The molecule has 0 aliphatic carbocycles. The van der Waals surface area contributed by atoms with Crippen LogP contribution in [0, 0.1) is 0 Å². The average Bonchev–Trinajstić information content (AvgIpc) is 2.91. The standard InChI is InChI=1S/C16H26N2O2S/c1-13-4-3-5-14(2)18(13)16(20)11-17(7-8-19)10-15-6-9-21-12-15/h6,9,12-14,19H,3-5,7-8,10-11H2,1-2H3/t13-,14-/m1/s1.